The van der Waals surface area contributed by atoms with E-state index in [1.54, 1.807) is 16.6 Å². The zero-order valence-corrected chi connectivity index (χ0v) is 13.2. The molecular formula is C15H15N5O2S. The van der Waals surface area contributed by atoms with Gasteiger partial charge >= 0.3 is 0 Å². The van der Waals surface area contributed by atoms with Crippen molar-refractivity contribution < 1.29 is 9.90 Å². The van der Waals surface area contributed by atoms with Gasteiger partial charge in [0.15, 0.2) is 5.82 Å². The fourth-order valence-electron chi connectivity index (χ4n) is 2.38. The van der Waals surface area contributed by atoms with E-state index in [9.17, 15) is 9.90 Å². The number of nitrogens with one attached hydrogen (secondary N) is 1. The van der Waals surface area contributed by atoms with Gasteiger partial charge in [0.25, 0.3) is 5.91 Å². The number of nitrogens with zero attached hydrogens (tertiary/aromatic N) is 4. The number of aromatic hydroxyl groups is 1. The number of aromatic nitrogens is 4. The maximum Gasteiger partial charge on any atom is 0.282 e. The van der Waals surface area contributed by atoms with E-state index in [4.69, 9.17) is 0 Å². The van der Waals surface area contributed by atoms with Crippen LogP contribution in [0.15, 0.2) is 24.3 Å². The molecule has 1 amide bonds. The number of carbonyl (C=O) groups is 1. The molecule has 1 atom stereocenters. The monoisotopic (exact) mass is 329 g/mol. The highest BCUT2D eigenvalue weighted by Gasteiger charge is 2.26. The van der Waals surface area contributed by atoms with Crippen molar-refractivity contribution in [3.8, 4) is 5.75 Å². The second kappa shape index (κ2) is 5.31. The highest BCUT2D eigenvalue weighted by molar-refractivity contribution is 7.18. The number of phenolic OH excluding ortho intramolecular Hbond substituents is 1. The molecule has 0 bridgehead atoms. The molecule has 0 saturated heterocycles. The minimum Gasteiger partial charge on any atom is -0.508 e. The highest BCUT2D eigenvalue weighted by Crippen LogP contribution is 2.26. The predicted octanol–water partition coefficient (Wildman–Crippen LogP) is 1.94. The molecule has 3 aromatic rings. The van der Waals surface area contributed by atoms with Gasteiger partial charge in [-0.2, -0.15) is 4.52 Å². The number of rotatable bonds is 4. The lowest BCUT2D eigenvalue weighted by Crippen LogP contribution is -2.25. The van der Waals surface area contributed by atoms with Crippen LogP contribution in [-0.2, 0) is 0 Å². The summed E-state index contributed by atoms with van der Waals surface area (Å²) < 4.78 is 1.63. The van der Waals surface area contributed by atoms with E-state index in [0.29, 0.717) is 21.8 Å². The van der Waals surface area contributed by atoms with Gasteiger partial charge in [0.2, 0.25) is 9.97 Å². The smallest absolute Gasteiger partial charge is 0.282 e. The van der Waals surface area contributed by atoms with Crippen LogP contribution in [0.25, 0.3) is 4.96 Å². The molecule has 8 heteroatoms. The van der Waals surface area contributed by atoms with Crippen LogP contribution in [0.5, 0.6) is 5.75 Å². The second-order valence-corrected chi connectivity index (χ2v) is 6.68. The van der Waals surface area contributed by atoms with Crippen molar-refractivity contribution in [2.75, 3.05) is 0 Å². The first-order valence-electron chi connectivity index (χ1n) is 7.44. The predicted molar refractivity (Wildman–Crippen MR) is 84.8 cm³/mol. The standard InChI is InChI=1S/C15H15N5O2S/c1-8(9-2-6-11(21)7-3-9)12-17-18-15-20(12)19-14(23-15)13(22)16-10-4-5-10/h2-3,6-8,10,21H,4-5H2,1H3,(H,16,22). The maximum atomic E-state index is 12.1. The number of carbonyl (C=O) groups excluding carboxylic acids is 1. The van der Waals surface area contributed by atoms with Crippen LogP contribution in [0.4, 0.5) is 0 Å². The molecule has 2 heterocycles. The molecule has 2 N–H and O–H groups in total. The van der Waals surface area contributed by atoms with Gasteiger partial charge in [-0.25, -0.2) is 0 Å². The van der Waals surface area contributed by atoms with Crippen molar-refractivity contribution in [3.63, 3.8) is 0 Å². The molecule has 1 aliphatic rings. The van der Waals surface area contributed by atoms with Gasteiger partial charge in [-0.05, 0) is 30.5 Å². The quantitative estimate of drug-likeness (QED) is 0.763. The molecule has 7 nitrogen and oxygen atoms in total. The first kappa shape index (κ1) is 14.1. The van der Waals surface area contributed by atoms with Crippen molar-refractivity contribution in [2.45, 2.75) is 31.7 Å². The Balaban J connectivity index is 1.65. The molecule has 0 radical (unpaired) electrons. The minimum atomic E-state index is -0.147. The molecule has 4 rings (SSSR count). The van der Waals surface area contributed by atoms with E-state index < -0.39 is 0 Å². The molecule has 2 aromatic heterocycles. The summed E-state index contributed by atoms with van der Waals surface area (Å²) >= 11 is 1.24. The average Bonchev–Trinajstić information content (AvgIpc) is 3.10. The van der Waals surface area contributed by atoms with Gasteiger partial charge < -0.3 is 10.4 Å². The lowest BCUT2D eigenvalue weighted by Gasteiger charge is -2.08. The van der Waals surface area contributed by atoms with Crippen molar-refractivity contribution >= 4 is 22.2 Å². The molecule has 1 saturated carbocycles. The van der Waals surface area contributed by atoms with Crippen LogP contribution in [-0.4, -0.2) is 36.9 Å². The molecule has 118 valence electrons. The van der Waals surface area contributed by atoms with Gasteiger partial charge in [0, 0.05) is 12.0 Å². The SMILES string of the molecule is CC(c1ccc(O)cc1)c1nnc2sc(C(=O)NC3CC3)nn12. The Morgan fingerprint density at radius 1 is 1.35 bits per heavy atom. The van der Waals surface area contributed by atoms with Crippen molar-refractivity contribution in [3.05, 3.63) is 40.7 Å². The van der Waals surface area contributed by atoms with E-state index in [0.717, 1.165) is 18.4 Å². The Hall–Kier alpha value is -2.48. The summed E-state index contributed by atoms with van der Waals surface area (Å²) in [6.07, 6.45) is 2.08. The zero-order chi connectivity index (χ0) is 16.0. The lowest BCUT2D eigenvalue weighted by molar-refractivity contribution is 0.0949. The molecule has 0 spiro atoms. The summed E-state index contributed by atoms with van der Waals surface area (Å²) in [5, 5.41) is 25.4. The summed E-state index contributed by atoms with van der Waals surface area (Å²) in [5.74, 6) is 0.700. The summed E-state index contributed by atoms with van der Waals surface area (Å²) in [6, 6.07) is 7.26. The lowest BCUT2D eigenvalue weighted by atomic mass is 10.0. The molecule has 1 fully saturated rings. The Labute approximate surface area is 136 Å². The Morgan fingerprint density at radius 3 is 2.78 bits per heavy atom. The van der Waals surface area contributed by atoms with Gasteiger partial charge in [-0.3, -0.25) is 4.79 Å². The third kappa shape index (κ3) is 2.65. The zero-order valence-electron chi connectivity index (χ0n) is 12.4. The third-order valence-corrected chi connectivity index (χ3v) is 4.80. The van der Waals surface area contributed by atoms with Crippen LogP contribution in [0.1, 0.15) is 46.9 Å². The molecule has 1 unspecified atom stereocenters. The first-order chi connectivity index (χ1) is 11.1. The fraction of sp³-hybridized carbons (Fsp3) is 0.333. The molecular weight excluding hydrogens is 314 g/mol. The molecule has 23 heavy (non-hydrogen) atoms. The number of fused-ring (bicyclic) bond motifs is 1. The highest BCUT2D eigenvalue weighted by atomic mass is 32.1. The van der Waals surface area contributed by atoms with Crippen molar-refractivity contribution in [1.29, 1.82) is 0 Å². The molecule has 1 aromatic carbocycles. The second-order valence-electron chi connectivity index (χ2n) is 5.72. The Bertz CT molecular complexity index is 866. The van der Waals surface area contributed by atoms with Crippen LogP contribution < -0.4 is 5.32 Å². The third-order valence-electron chi connectivity index (χ3n) is 3.90. The minimum absolute atomic E-state index is 0.0490. The summed E-state index contributed by atoms with van der Waals surface area (Å²) in [5.41, 5.74) is 0.995. The van der Waals surface area contributed by atoms with E-state index in [1.165, 1.54) is 11.3 Å². The number of phenols is 1. The van der Waals surface area contributed by atoms with Gasteiger partial charge in [0.05, 0.1) is 0 Å². The van der Waals surface area contributed by atoms with Crippen LogP contribution in [0.2, 0.25) is 0 Å². The topological polar surface area (TPSA) is 92.4 Å². The summed E-state index contributed by atoms with van der Waals surface area (Å²) in [6.45, 7) is 1.99. The Kier molecular flexibility index (Phi) is 3.26. The van der Waals surface area contributed by atoms with Crippen LogP contribution in [0, 0.1) is 0 Å². The number of hydrogen-bond donors (Lipinski definition) is 2. The molecule has 1 aliphatic carbocycles. The van der Waals surface area contributed by atoms with Crippen molar-refractivity contribution in [1.82, 2.24) is 25.1 Å². The average molecular weight is 329 g/mol. The summed E-state index contributed by atoms with van der Waals surface area (Å²) in [7, 11) is 0. The van der Waals surface area contributed by atoms with Gasteiger partial charge in [0.1, 0.15) is 5.75 Å². The number of hydrogen-bond acceptors (Lipinski definition) is 6. The van der Waals surface area contributed by atoms with E-state index in [1.807, 2.05) is 19.1 Å². The largest absolute Gasteiger partial charge is 0.508 e. The first-order valence-corrected chi connectivity index (χ1v) is 8.25. The normalized spacial score (nSPS) is 15.7. The number of benzene rings is 1. The van der Waals surface area contributed by atoms with E-state index in [2.05, 4.69) is 20.6 Å². The number of amides is 1. The van der Waals surface area contributed by atoms with E-state index >= 15 is 0 Å². The Morgan fingerprint density at radius 2 is 2.09 bits per heavy atom. The molecule has 0 aliphatic heterocycles. The van der Waals surface area contributed by atoms with Crippen LogP contribution in [0.3, 0.4) is 0 Å². The van der Waals surface area contributed by atoms with Gasteiger partial charge in [-0.1, -0.05) is 30.4 Å². The summed E-state index contributed by atoms with van der Waals surface area (Å²) in [4.78, 5) is 12.7. The van der Waals surface area contributed by atoms with Crippen LogP contribution >= 0.6 is 11.3 Å². The fourth-order valence-corrected chi connectivity index (χ4v) is 3.13. The van der Waals surface area contributed by atoms with Crippen molar-refractivity contribution in [2.24, 2.45) is 0 Å². The maximum absolute atomic E-state index is 12.1. The van der Waals surface area contributed by atoms with E-state index in [-0.39, 0.29) is 17.6 Å². The van der Waals surface area contributed by atoms with Gasteiger partial charge in [-0.15, -0.1) is 15.3 Å².